The van der Waals surface area contributed by atoms with E-state index in [0.29, 0.717) is 5.56 Å². The Hall–Kier alpha value is -4.09. The van der Waals surface area contributed by atoms with Gasteiger partial charge in [0.25, 0.3) is 0 Å². The number of carboxylic acid groups (broad SMARTS) is 1. The number of carboxylic acids is 1. The minimum atomic E-state index is -2.72. The highest BCUT2D eigenvalue weighted by Gasteiger charge is 2.62. The molecule has 0 radical (unpaired) electrons. The van der Waals surface area contributed by atoms with E-state index in [0.717, 1.165) is 20.8 Å². The molecule has 0 saturated carbocycles. The van der Waals surface area contributed by atoms with Gasteiger partial charge in [0.1, 0.15) is 0 Å². The maximum atomic E-state index is 13.0. The van der Waals surface area contributed by atoms with Gasteiger partial charge in [0.05, 0.1) is 0 Å². The third kappa shape index (κ3) is 5.58. The SMILES string of the molecule is CC(=O)O[C@H]1[C@H](OC(C)=O)[C@@H](OC(C)=O)[C@@](O)(c2cccc(C(=O)c3ccccc3)c2)O[C@@H]1C(=O)O. The van der Waals surface area contributed by atoms with E-state index in [4.69, 9.17) is 18.9 Å². The van der Waals surface area contributed by atoms with Crippen molar-refractivity contribution in [1.82, 2.24) is 0 Å². The van der Waals surface area contributed by atoms with Crippen LogP contribution in [0, 0.1) is 0 Å². The molecule has 190 valence electrons. The average Bonchev–Trinajstić information content (AvgIpc) is 2.82. The zero-order chi connectivity index (χ0) is 26.6. The Morgan fingerprint density at radius 3 is 1.89 bits per heavy atom. The summed E-state index contributed by atoms with van der Waals surface area (Å²) in [5, 5.41) is 21.5. The lowest BCUT2D eigenvalue weighted by atomic mass is 9.86. The number of ether oxygens (including phenoxy) is 4. The van der Waals surface area contributed by atoms with Crippen molar-refractivity contribution in [2.24, 2.45) is 0 Å². The van der Waals surface area contributed by atoms with Crippen molar-refractivity contribution in [3.8, 4) is 0 Å². The fourth-order valence-corrected chi connectivity index (χ4v) is 3.92. The molecule has 1 fully saturated rings. The number of hydrogen-bond donors (Lipinski definition) is 2. The van der Waals surface area contributed by atoms with Crippen molar-refractivity contribution in [2.75, 3.05) is 0 Å². The van der Waals surface area contributed by atoms with Crippen LogP contribution in [0.25, 0.3) is 0 Å². The molecule has 1 saturated heterocycles. The number of hydrogen-bond acceptors (Lipinski definition) is 10. The first-order chi connectivity index (χ1) is 16.9. The van der Waals surface area contributed by atoms with Gasteiger partial charge in [0.2, 0.25) is 11.9 Å². The lowest BCUT2D eigenvalue weighted by Crippen LogP contribution is -2.67. The van der Waals surface area contributed by atoms with Gasteiger partial charge in [0.15, 0.2) is 24.1 Å². The number of benzene rings is 2. The van der Waals surface area contributed by atoms with Crippen LogP contribution in [-0.4, -0.2) is 64.3 Å². The molecule has 1 aliphatic heterocycles. The molecule has 2 N–H and O–H groups in total. The molecular weight excluding hydrogens is 476 g/mol. The molecule has 0 aliphatic carbocycles. The van der Waals surface area contributed by atoms with Gasteiger partial charge in [-0.1, -0.05) is 48.5 Å². The number of rotatable bonds is 7. The molecule has 36 heavy (non-hydrogen) atoms. The van der Waals surface area contributed by atoms with Gasteiger partial charge in [0, 0.05) is 37.5 Å². The van der Waals surface area contributed by atoms with E-state index in [2.05, 4.69) is 0 Å². The summed E-state index contributed by atoms with van der Waals surface area (Å²) in [5.74, 6) is -7.60. The third-order valence-corrected chi connectivity index (χ3v) is 5.33. The summed E-state index contributed by atoms with van der Waals surface area (Å²) in [5.41, 5.74) is 0.286. The highest BCUT2D eigenvalue weighted by molar-refractivity contribution is 6.09. The summed E-state index contributed by atoms with van der Waals surface area (Å²) >= 11 is 0. The number of esters is 3. The second-order valence-corrected chi connectivity index (χ2v) is 8.03. The summed E-state index contributed by atoms with van der Waals surface area (Å²) in [7, 11) is 0. The standard InChI is InChI=1S/C25H24O11/c1-13(26)33-20-21(34-14(2)27)23(35-15(3)28)25(32,36-22(20)24(30)31)18-11-7-10-17(12-18)19(29)16-8-5-4-6-9-16/h4-12,20-23,32H,1-3H3,(H,30,31)/t20-,21-,22-,23+,25+/m0/s1. The molecule has 11 heteroatoms. The van der Waals surface area contributed by atoms with Gasteiger partial charge >= 0.3 is 23.9 Å². The Labute approximate surface area is 205 Å². The molecule has 11 nitrogen and oxygen atoms in total. The van der Waals surface area contributed by atoms with Gasteiger partial charge in [-0.15, -0.1) is 0 Å². The predicted molar refractivity (Wildman–Crippen MR) is 119 cm³/mol. The smallest absolute Gasteiger partial charge is 0.337 e. The second-order valence-electron chi connectivity index (χ2n) is 8.03. The molecule has 1 aliphatic rings. The molecule has 2 aromatic rings. The van der Waals surface area contributed by atoms with Crippen LogP contribution in [0.3, 0.4) is 0 Å². The second kappa shape index (κ2) is 10.7. The van der Waals surface area contributed by atoms with Gasteiger partial charge in [-0.25, -0.2) is 4.79 Å². The van der Waals surface area contributed by atoms with Gasteiger partial charge < -0.3 is 29.2 Å². The lowest BCUT2D eigenvalue weighted by molar-refractivity contribution is -0.352. The zero-order valence-electron chi connectivity index (χ0n) is 19.6. The molecule has 5 atom stereocenters. The Balaban J connectivity index is 2.16. The van der Waals surface area contributed by atoms with Crippen LogP contribution in [0.15, 0.2) is 54.6 Å². The summed E-state index contributed by atoms with van der Waals surface area (Å²) < 4.78 is 21.0. The first-order valence-corrected chi connectivity index (χ1v) is 10.8. The Morgan fingerprint density at radius 1 is 0.778 bits per heavy atom. The van der Waals surface area contributed by atoms with E-state index in [9.17, 15) is 34.2 Å². The summed E-state index contributed by atoms with van der Waals surface area (Å²) in [4.78, 5) is 60.6. The van der Waals surface area contributed by atoms with E-state index in [1.807, 2.05) is 0 Å². The molecule has 0 unspecified atom stereocenters. The molecular formula is C25H24O11. The van der Waals surface area contributed by atoms with Crippen molar-refractivity contribution in [3.05, 3.63) is 71.3 Å². The molecule has 0 spiro atoms. The van der Waals surface area contributed by atoms with Crippen LogP contribution in [0.4, 0.5) is 0 Å². The monoisotopic (exact) mass is 500 g/mol. The minimum Gasteiger partial charge on any atom is -0.479 e. The van der Waals surface area contributed by atoms with E-state index in [-0.39, 0.29) is 11.1 Å². The molecule has 0 bridgehead atoms. The molecule has 0 amide bonds. The summed E-state index contributed by atoms with van der Waals surface area (Å²) in [6.45, 7) is 2.99. The molecule has 0 aromatic heterocycles. The molecule has 3 rings (SSSR count). The van der Waals surface area contributed by atoms with Crippen LogP contribution in [0.1, 0.15) is 42.3 Å². The predicted octanol–water partition coefficient (Wildman–Crippen LogP) is 1.34. The maximum absolute atomic E-state index is 13.0. The summed E-state index contributed by atoms with van der Waals surface area (Å²) in [6, 6.07) is 13.7. The molecule has 1 heterocycles. The highest BCUT2D eigenvalue weighted by Crippen LogP contribution is 2.41. The Morgan fingerprint density at radius 2 is 1.33 bits per heavy atom. The van der Waals surface area contributed by atoms with Crippen LogP contribution >= 0.6 is 0 Å². The van der Waals surface area contributed by atoms with E-state index < -0.39 is 59.9 Å². The van der Waals surface area contributed by atoms with Gasteiger partial charge in [-0.2, -0.15) is 0 Å². The van der Waals surface area contributed by atoms with E-state index in [1.165, 1.54) is 24.3 Å². The van der Waals surface area contributed by atoms with Crippen LogP contribution < -0.4 is 0 Å². The van der Waals surface area contributed by atoms with Crippen LogP contribution in [0.2, 0.25) is 0 Å². The van der Waals surface area contributed by atoms with Crippen molar-refractivity contribution in [2.45, 2.75) is 51.0 Å². The lowest BCUT2D eigenvalue weighted by Gasteiger charge is -2.47. The first-order valence-electron chi connectivity index (χ1n) is 10.8. The highest BCUT2D eigenvalue weighted by atomic mass is 16.7. The summed E-state index contributed by atoms with van der Waals surface area (Å²) in [6.07, 6.45) is -7.46. The van der Waals surface area contributed by atoms with Gasteiger partial charge in [-0.05, 0) is 6.07 Å². The van der Waals surface area contributed by atoms with Crippen molar-refractivity contribution < 1.29 is 53.1 Å². The number of aliphatic hydroxyl groups is 1. The Kier molecular flexibility index (Phi) is 7.86. The largest absolute Gasteiger partial charge is 0.479 e. The number of carbonyl (C=O) groups is 5. The van der Waals surface area contributed by atoms with Crippen molar-refractivity contribution in [1.29, 1.82) is 0 Å². The minimum absolute atomic E-state index is 0.107. The normalized spacial score (nSPS) is 25.3. The number of carbonyl (C=O) groups excluding carboxylic acids is 4. The van der Waals surface area contributed by atoms with Crippen molar-refractivity contribution in [3.63, 3.8) is 0 Å². The van der Waals surface area contributed by atoms with Gasteiger partial charge in [-0.3, -0.25) is 19.2 Å². The van der Waals surface area contributed by atoms with Crippen LogP contribution in [0.5, 0.6) is 0 Å². The molecule has 2 aromatic carbocycles. The maximum Gasteiger partial charge on any atom is 0.337 e. The third-order valence-electron chi connectivity index (χ3n) is 5.33. The van der Waals surface area contributed by atoms with E-state index >= 15 is 0 Å². The topological polar surface area (TPSA) is 163 Å². The van der Waals surface area contributed by atoms with Crippen molar-refractivity contribution >= 4 is 29.7 Å². The average molecular weight is 500 g/mol. The number of ketones is 1. The fourth-order valence-electron chi connectivity index (χ4n) is 3.92. The first kappa shape index (κ1) is 26.5. The zero-order valence-corrected chi connectivity index (χ0v) is 19.6. The van der Waals surface area contributed by atoms with Crippen LogP contribution in [-0.2, 0) is 43.9 Å². The quantitative estimate of drug-likeness (QED) is 0.320. The fraction of sp³-hybridized carbons (Fsp3) is 0.320. The van der Waals surface area contributed by atoms with E-state index in [1.54, 1.807) is 30.3 Å². The number of aliphatic carboxylic acids is 1. The Bertz CT molecular complexity index is 1180.